The van der Waals surface area contributed by atoms with Crippen molar-refractivity contribution in [3.05, 3.63) is 29.3 Å². The quantitative estimate of drug-likeness (QED) is 0.866. The van der Waals surface area contributed by atoms with Gasteiger partial charge in [-0.1, -0.05) is 12.8 Å². The van der Waals surface area contributed by atoms with Crippen LogP contribution in [0.2, 0.25) is 0 Å². The van der Waals surface area contributed by atoms with Gasteiger partial charge in [-0.05, 0) is 48.4 Å². The molecule has 1 aliphatic carbocycles. The molecule has 1 saturated carbocycles. The molecule has 0 radical (unpaired) electrons. The standard InChI is InChI=1S/C17H22ClNO2/c18-10-14-3-1-2-4-15(14)11-19-17(20)13-5-6-16-12(9-13)7-8-21-16/h5-6,9,14-15H,1-4,7-8,10-11H2,(H,19,20). The minimum atomic E-state index is 0.0172. The van der Waals surface area contributed by atoms with E-state index in [1.807, 2.05) is 18.2 Å². The number of ether oxygens (including phenoxy) is 1. The minimum absolute atomic E-state index is 0.0172. The molecule has 1 amide bonds. The lowest BCUT2D eigenvalue weighted by atomic mass is 9.80. The highest BCUT2D eigenvalue weighted by Gasteiger charge is 2.25. The summed E-state index contributed by atoms with van der Waals surface area (Å²) >= 11 is 6.04. The Morgan fingerprint density at radius 1 is 1.29 bits per heavy atom. The van der Waals surface area contributed by atoms with Crippen molar-refractivity contribution in [1.29, 1.82) is 0 Å². The van der Waals surface area contributed by atoms with Crippen molar-refractivity contribution in [2.24, 2.45) is 11.8 Å². The molecule has 3 rings (SSSR count). The topological polar surface area (TPSA) is 38.3 Å². The number of halogens is 1. The molecule has 21 heavy (non-hydrogen) atoms. The summed E-state index contributed by atoms with van der Waals surface area (Å²) in [5, 5.41) is 3.09. The summed E-state index contributed by atoms with van der Waals surface area (Å²) in [5.74, 6) is 2.72. The molecule has 1 aromatic rings. The Bertz CT molecular complexity index is 518. The van der Waals surface area contributed by atoms with Crippen molar-refractivity contribution in [3.63, 3.8) is 0 Å². The first-order valence-electron chi connectivity index (χ1n) is 7.88. The number of nitrogens with one attached hydrogen (secondary N) is 1. The molecule has 0 aromatic heterocycles. The fourth-order valence-electron chi connectivity index (χ4n) is 3.41. The van der Waals surface area contributed by atoms with Gasteiger partial charge in [0.2, 0.25) is 0 Å². The predicted molar refractivity (Wildman–Crippen MR) is 84.1 cm³/mol. The number of hydrogen-bond acceptors (Lipinski definition) is 2. The third kappa shape index (κ3) is 3.34. The highest BCUT2D eigenvalue weighted by atomic mass is 35.5. The van der Waals surface area contributed by atoms with Crippen LogP contribution in [0.5, 0.6) is 5.75 Å². The van der Waals surface area contributed by atoms with Crippen molar-refractivity contribution < 1.29 is 9.53 Å². The number of alkyl halides is 1. The lowest BCUT2D eigenvalue weighted by Crippen LogP contribution is -2.34. The maximum absolute atomic E-state index is 12.3. The molecule has 1 fully saturated rings. The van der Waals surface area contributed by atoms with Crippen LogP contribution in [0, 0.1) is 11.8 Å². The molecule has 4 heteroatoms. The van der Waals surface area contributed by atoms with Gasteiger partial charge in [0.15, 0.2) is 0 Å². The van der Waals surface area contributed by atoms with Gasteiger partial charge in [-0.15, -0.1) is 11.6 Å². The van der Waals surface area contributed by atoms with Crippen molar-refractivity contribution in [2.75, 3.05) is 19.0 Å². The number of benzene rings is 1. The Morgan fingerprint density at radius 2 is 2.10 bits per heavy atom. The predicted octanol–water partition coefficient (Wildman–Crippen LogP) is 3.40. The minimum Gasteiger partial charge on any atom is -0.493 e. The Balaban J connectivity index is 1.58. The van der Waals surface area contributed by atoms with E-state index < -0.39 is 0 Å². The van der Waals surface area contributed by atoms with E-state index in [0.717, 1.165) is 36.4 Å². The number of hydrogen-bond donors (Lipinski definition) is 1. The van der Waals surface area contributed by atoms with Gasteiger partial charge in [0.05, 0.1) is 6.61 Å². The first-order chi connectivity index (χ1) is 10.3. The summed E-state index contributed by atoms with van der Waals surface area (Å²) in [7, 11) is 0. The SMILES string of the molecule is O=C(NCC1CCCCC1CCl)c1ccc2c(c1)CCO2. The lowest BCUT2D eigenvalue weighted by molar-refractivity contribution is 0.0936. The fourth-order valence-corrected chi connectivity index (χ4v) is 3.82. The first-order valence-corrected chi connectivity index (χ1v) is 8.41. The third-order valence-electron chi connectivity index (χ3n) is 4.74. The molecule has 1 N–H and O–H groups in total. The summed E-state index contributed by atoms with van der Waals surface area (Å²) in [6.45, 7) is 1.46. The Morgan fingerprint density at radius 3 is 2.90 bits per heavy atom. The van der Waals surface area contributed by atoms with Crippen LogP contribution in [0.4, 0.5) is 0 Å². The van der Waals surface area contributed by atoms with Gasteiger partial charge in [0, 0.05) is 24.4 Å². The molecule has 2 atom stereocenters. The molecule has 2 aliphatic rings. The van der Waals surface area contributed by atoms with Crippen LogP contribution in [0.15, 0.2) is 18.2 Å². The number of carbonyl (C=O) groups is 1. The summed E-state index contributed by atoms with van der Waals surface area (Å²) in [6, 6.07) is 5.70. The zero-order valence-electron chi connectivity index (χ0n) is 12.2. The molecule has 1 aliphatic heterocycles. The van der Waals surface area contributed by atoms with Crippen LogP contribution in [0.25, 0.3) is 0 Å². The molecule has 3 nitrogen and oxygen atoms in total. The van der Waals surface area contributed by atoms with Crippen LogP contribution in [-0.4, -0.2) is 24.9 Å². The van der Waals surface area contributed by atoms with Gasteiger partial charge in [0.1, 0.15) is 5.75 Å². The van der Waals surface area contributed by atoms with Crippen molar-refractivity contribution >= 4 is 17.5 Å². The summed E-state index contributed by atoms with van der Waals surface area (Å²) in [6.07, 6.45) is 5.79. The molecule has 0 bridgehead atoms. The van der Waals surface area contributed by atoms with E-state index in [1.165, 1.54) is 25.7 Å². The van der Waals surface area contributed by atoms with Crippen LogP contribution in [0.3, 0.4) is 0 Å². The molecular weight excluding hydrogens is 286 g/mol. The van der Waals surface area contributed by atoms with E-state index in [4.69, 9.17) is 16.3 Å². The lowest BCUT2D eigenvalue weighted by Gasteiger charge is -2.30. The number of fused-ring (bicyclic) bond motifs is 1. The Kier molecular flexibility index (Phi) is 4.69. The largest absolute Gasteiger partial charge is 0.493 e. The third-order valence-corrected chi connectivity index (χ3v) is 5.14. The molecule has 114 valence electrons. The Labute approximate surface area is 131 Å². The fraction of sp³-hybridized carbons (Fsp3) is 0.588. The zero-order valence-corrected chi connectivity index (χ0v) is 13.0. The van der Waals surface area contributed by atoms with Crippen molar-refractivity contribution in [1.82, 2.24) is 5.32 Å². The number of rotatable bonds is 4. The van der Waals surface area contributed by atoms with Gasteiger partial charge in [0.25, 0.3) is 5.91 Å². The summed E-state index contributed by atoms with van der Waals surface area (Å²) in [4.78, 5) is 12.3. The second kappa shape index (κ2) is 6.69. The average Bonchev–Trinajstić information content (AvgIpc) is 3.00. The highest BCUT2D eigenvalue weighted by Crippen LogP contribution is 2.30. The van der Waals surface area contributed by atoms with E-state index in [1.54, 1.807) is 0 Å². The molecule has 0 saturated heterocycles. The monoisotopic (exact) mass is 307 g/mol. The van der Waals surface area contributed by atoms with Crippen LogP contribution >= 0.6 is 11.6 Å². The smallest absolute Gasteiger partial charge is 0.251 e. The molecule has 1 aromatic carbocycles. The number of carbonyl (C=O) groups excluding carboxylic acids is 1. The zero-order chi connectivity index (χ0) is 14.7. The normalized spacial score (nSPS) is 24.2. The van der Waals surface area contributed by atoms with Gasteiger partial charge in [-0.25, -0.2) is 0 Å². The van der Waals surface area contributed by atoms with Gasteiger partial charge >= 0.3 is 0 Å². The average molecular weight is 308 g/mol. The van der Waals surface area contributed by atoms with Gasteiger partial charge < -0.3 is 10.1 Å². The van der Waals surface area contributed by atoms with Crippen molar-refractivity contribution in [2.45, 2.75) is 32.1 Å². The van der Waals surface area contributed by atoms with E-state index in [-0.39, 0.29) is 5.91 Å². The molecule has 2 unspecified atom stereocenters. The van der Waals surface area contributed by atoms with Crippen LogP contribution in [-0.2, 0) is 6.42 Å². The van der Waals surface area contributed by atoms with Crippen LogP contribution < -0.4 is 10.1 Å². The maximum Gasteiger partial charge on any atom is 0.251 e. The molecule has 1 heterocycles. The first kappa shape index (κ1) is 14.7. The molecule has 0 spiro atoms. The van der Waals surface area contributed by atoms with E-state index in [9.17, 15) is 4.79 Å². The second-order valence-corrected chi connectivity index (χ2v) is 6.40. The maximum atomic E-state index is 12.3. The van der Waals surface area contributed by atoms with E-state index in [0.29, 0.717) is 17.7 Å². The Hall–Kier alpha value is -1.22. The number of amides is 1. The highest BCUT2D eigenvalue weighted by molar-refractivity contribution is 6.18. The summed E-state index contributed by atoms with van der Waals surface area (Å²) in [5.41, 5.74) is 1.87. The van der Waals surface area contributed by atoms with Crippen LogP contribution in [0.1, 0.15) is 41.6 Å². The van der Waals surface area contributed by atoms with E-state index in [2.05, 4.69) is 5.32 Å². The van der Waals surface area contributed by atoms with Gasteiger partial charge in [-0.2, -0.15) is 0 Å². The van der Waals surface area contributed by atoms with E-state index >= 15 is 0 Å². The second-order valence-electron chi connectivity index (χ2n) is 6.09. The van der Waals surface area contributed by atoms with Gasteiger partial charge in [-0.3, -0.25) is 4.79 Å². The summed E-state index contributed by atoms with van der Waals surface area (Å²) < 4.78 is 5.47. The van der Waals surface area contributed by atoms with Crippen molar-refractivity contribution in [3.8, 4) is 5.75 Å². The molecular formula is C17H22ClNO2.